The highest BCUT2D eigenvalue weighted by Gasteiger charge is 2.33. The molecule has 2 aromatic carbocycles. The van der Waals surface area contributed by atoms with Crippen LogP contribution in [-0.4, -0.2) is 45.0 Å². The summed E-state index contributed by atoms with van der Waals surface area (Å²) >= 11 is 6.37. The second-order valence-corrected chi connectivity index (χ2v) is 8.44. The number of nitrogens with one attached hydrogen (secondary N) is 2. The van der Waals surface area contributed by atoms with Gasteiger partial charge < -0.3 is 20.1 Å². The summed E-state index contributed by atoms with van der Waals surface area (Å²) in [6.45, 7) is 0.912. The molecule has 4 aromatic rings. The number of alkyl halides is 3. The van der Waals surface area contributed by atoms with Gasteiger partial charge in [-0.15, -0.1) is 0 Å². The third kappa shape index (κ3) is 6.07. The molecule has 0 atom stereocenters. The number of nitrogens with zero attached hydrogens (tertiary/aromatic N) is 2. The molecule has 12 heteroatoms. The zero-order valence-electron chi connectivity index (χ0n) is 19.3. The van der Waals surface area contributed by atoms with Gasteiger partial charge in [0.15, 0.2) is 5.78 Å². The van der Waals surface area contributed by atoms with Crippen molar-refractivity contribution in [3.8, 4) is 17.1 Å². The molecule has 0 aliphatic heterocycles. The minimum absolute atomic E-state index is 0.00135. The number of fused-ring (bicyclic) bond motifs is 1. The second-order valence-electron chi connectivity index (χ2n) is 8.04. The molecule has 0 saturated heterocycles. The van der Waals surface area contributed by atoms with Crippen LogP contribution >= 0.6 is 11.6 Å². The number of rotatable bonds is 8. The maximum atomic E-state index is 12.9. The van der Waals surface area contributed by atoms with Crippen LogP contribution in [0.5, 0.6) is 5.75 Å². The number of aliphatic hydroxyl groups is 1. The zero-order valence-corrected chi connectivity index (χ0v) is 20.1. The van der Waals surface area contributed by atoms with Crippen LogP contribution in [-0.2, 0) is 11.0 Å². The van der Waals surface area contributed by atoms with Crippen molar-refractivity contribution >= 4 is 40.0 Å². The SMILES string of the molecule is Cc1nc(C(F)(F)F)ccc1C(=O)Nc1ccc(Cl)c(-c2nc3ccc(OCCC(=O)CO)cc3[nH]2)c1. The topological polar surface area (TPSA) is 117 Å². The van der Waals surface area contributed by atoms with E-state index in [1.54, 1.807) is 36.4 Å². The van der Waals surface area contributed by atoms with E-state index in [0.717, 1.165) is 12.1 Å². The Balaban J connectivity index is 1.54. The number of carbonyl (C=O) groups is 2. The van der Waals surface area contributed by atoms with E-state index in [0.29, 0.717) is 38.9 Å². The second kappa shape index (κ2) is 10.6. The Morgan fingerprint density at radius 2 is 1.89 bits per heavy atom. The van der Waals surface area contributed by atoms with Crippen molar-refractivity contribution in [2.45, 2.75) is 19.5 Å². The molecule has 4 rings (SSSR count). The summed E-state index contributed by atoms with van der Waals surface area (Å²) in [5, 5.41) is 11.8. The van der Waals surface area contributed by atoms with E-state index in [9.17, 15) is 22.8 Å². The molecule has 0 bridgehead atoms. The van der Waals surface area contributed by atoms with Crippen LogP contribution in [0.2, 0.25) is 5.02 Å². The fourth-order valence-corrected chi connectivity index (χ4v) is 3.72. The summed E-state index contributed by atoms with van der Waals surface area (Å²) in [6.07, 6.45) is -4.53. The van der Waals surface area contributed by atoms with Crippen molar-refractivity contribution in [1.29, 1.82) is 0 Å². The lowest BCUT2D eigenvalue weighted by atomic mass is 10.1. The number of aromatic nitrogens is 3. The average molecular weight is 533 g/mol. The Morgan fingerprint density at radius 3 is 2.59 bits per heavy atom. The van der Waals surface area contributed by atoms with E-state index in [4.69, 9.17) is 21.4 Å². The minimum Gasteiger partial charge on any atom is -0.493 e. The van der Waals surface area contributed by atoms with Gasteiger partial charge in [0, 0.05) is 23.7 Å². The first kappa shape index (κ1) is 26.1. The average Bonchev–Trinajstić information content (AvgIpc) is 3.27. The summed E-state index contributed by atoms with van der Waals surface area (Å²) in [4.78, 5) is 35.1. The van der Waals surface area contributed by atoms with Crippen molar-refractivity contribution in [3.63, 3.8) is 0 Å². The molecule has 0 unspecified atom stereocenters. The largest absolute Gasteiger partial charge is 0.493 e. The molecule has 0 radical (unpaired) electrons. The normalized spacial score (nSPS) is 11.5. The third-order valence-electron chi connectivity index (χ3n) is 5.38. The first-order valence-corrected chi connectivity index (χ1v) is 11.3. The van der Waals surface area contributed by atoms with Crippen LogP contribution in [0.3, 0.4) is 0 Å². The molecule has 2 heterocycles. The van der Waals surface area contributed by atoms with Gasteiger partial charge in [-0.1, -0.05) is 11.6 Å². The number of imidazole rings is 1. The zero-order chi connectivity index (χ0) is 26.7. The summed E-state index contributed by atoms with van der Waals surface area (Å²) in [5.41, 5.74) is 0.950. The number of halogens is 4. The molecule has 1 amide bonds. The number of aromatic amines is 1. The highest BCUT2D eigenvalue weighted by Crippen LogP contribution is 2.32. The lowest BCUT2D eigenvalue weighted by Crippen LogP contribution is -2.16. The van der Waals surface area contributed by atoms with Gasteiger partial charge >= 0.3 is 6.18 Å². The Hall–Kier alpha value is -3.96. The Morgan fingerprint density at radius 1 is 1.11 bits per heavy atom. The molecule has 0 aliphatic rings. The van der Waals surface area contributed by atoms with Gasteiger partial charge in [0.1, 0.15) is 23.9 Å². The predicted molar refractivity (Wildman–Crippen MR) is 131 cm³/mol. The van der Waals surface area contributed by atoms with Gasteiger partial charge in [0.05, 0.1) is 33.9 Å². The number of Topliss-reactive ketones (excluding diaryl/α,β-unsaturated/α-hetero) is 1. The highest BCUT2D eigenvalue weighted by atomic mass is 35.5. The maximum Gasteiger partial charge on any atom is 0.433 e. The number of hydrogen-bond acceptors (Lipinski definition) is 6. The number of ether oxygens (including phenoxy) is 1. The first-order valence-electron chi connectivity index (χ1n) is 11.0. The van der Waals surface area contributed by atoms with Gasteiger partial charge in [-0.2, -0.15) is 13.2 Å². The fourth-order valence-electron chi connectivity index (χ4n) is 3.51. The smallest absolute Gasteiger partial charge is 0.433 e. The molecular formula is C25H20ClF3N4O4. The molecule has 0 aliphatic carbocycles. The van der Waals surface area contributed by atoms with Crippen LogP contribution in [0.25, 0.3) is 22.4 Å². The number of carbonyl (C=O) groups excluding carboxylic acids is 2. The standard InChI is InChI=1S/C25H20ClF3N4O4/c1-13-17(4-7-22(30-13)25(27,28)29)24(36)31-14-2-5-19(26)18(10-14)23-32-20-6-3-16(11-21(20)33-23)37-9-8-15(35)12-34/h2-7,10-11,34H,8-9,12H2,1H3,(H,31,36)(H,32,33). The highest BCUT2D eigenvalue weighted by molar-refractivity contribution is 6.33. The molecule has 192 valence electrons. The van der Waals surface area contributed by atoms with E-state index in [1.165, 1.54) is 6.92 Å². The number of benzene rings is 2. The number of ketones is 1. The molecule has 2 aromatic heterocycles. The van der Waals surface area contributed by atoms with E-state index in [2.05, 4.69) is 20.3 Å². The van der Waals surface area contributed by atoms with E-state index in [1.807, 2.05) is 0 Å². The van der Waals surface area contributed by atoms with Crippen molar-refractivity contribution in [3.05, 3.63) is 70.5 Å². The molecule has 0 fully saturated rings. The monoisotopic (exact) mass is 532 g/mol. The number of hydrogen-bond donors (Lipinski definition) is 3. The first-order chi connectivity index (χ1) is 17.5. The number of anilines is 1. The quantitative estimate of drug-likeness (QED) is 0.287. The van der Waals surface area contributed by atoms with Crippen LogP contribution in [0, 0.1) is 6.92 Å². The predicted octanol–water partition coefficient (Wildman–Crippen LogP) is 5.19. The third-order valence-corrected chi connectivity index (χ3v) is 5.71. The lowest BCUT2D eigenvalue weighted by Gasteiger charge is -2.11. The van der Waals surface area contributed by atoms with Gasteiger partial charge in [-0.3, -0.25) is 9.59 Å². The van der Waals surface area contributed by atoms with E-state index in [-0.39, 0.29) is 30.1 Å². The Kier molecular flexibility index (Phi) is 7.46. The summed E-state index contributed by atoms with van der Waals surface area (Å²) in [7, 11) is 0. The van der Waals surface area contributed by atoms with E-state index < -0.39 is 24.4 Å². The Bertz CT molecular complexity index is 1490. The summed E-state index contributed by atoms with van der Waals surface area (Å²) in [6, 6.07) is 11.6. The molecule has 37 heavy (non-hydrogen) atoms. The number of H-pyrrole nitrogens is 1. The molecule has 8 nitrogen and oxygen atoms in total. The van der Waals surface area contributed by atoms with Crippen LogP contribution < -0.4 is 10.1 Å². The number of aliphatic hydroxyl groups excluding tert-OH is 1. The lowest BCUT2D eigenvalue weighted by molar-refractivity contribution is -0.141. The summed E-state index contributed by atoms with van der Waals surface area (Å²) < 4.78 is 44.2. The number of aryl methyl sites for hydroxylation is 1. The van der Waals surface area contributed by atoms with Crippen LogP contribution in [0.4, 0.5) is 18.9 Å². The summed E-state index contributed by atoms with van der Waals surface area (Å²) in [5.74, 6) is -0.0357. The maximum absolute atomic E-state index is 12.9. The van der Waals surface area contributed by atoms with Crippen molar-refractivity contribution < 1.29 is 32.6 Å². The van der Waals surface area contributed by atoms with Crippen molar-refractivity contribution in [2.24, 2.45) is 0 Å². The van der Waals surface area contributed by atoms with Gasteiger partial charge in [-0.05, 0) is 49.4 Å². The van der Waals surface area contributed by atoms with Crippen LogP contribution in [0.15, 0.2) is 48.5 Å². The van der Waals surface area contributed by atoms with Crippen molar-refractivity contribution in [2.75, 3.05) is 18.5 Å². The van der Waals surface area contributed by atoms with Crippen LogP contribution in [0.1, 0.15) is 28.2 Å². The number of amides is 1. The molecule has 3 N–H and O–H groups in total. The minimum atomic E-state index is -4.61. The molecule has 0 spiro atoms. The van der Waals surface area contributed by atoms with Gasteiger partial charge in [0.2, 0.25) is 0 Å². The van der Waals surface area contributed by atoms with Crippen molar-refractivity contribution in [1.82, 2.24) is 15.0 Å². The Labute approximate surface area is 213 Å². The molecule has 0 saturated carbocycles. The fraction of sp³-hybridized carbons (Fsp3) is 0.200. The van der Waals surface area contributed by atoms with Gasteiger partial charge in [-0.25, -0.2) is 9.97 Å². The molecular weight excluding hydrogens is 513 g/mol. The van der Waals surface area contributed by atoms with Gasteiger partial charge in [0.25, 0.3) is 5.91 Å². The van der Waals surface area contributed by atoms with E-state index >= 15 is 0 Å². The number of pyridine rings is 1.